The summed E-state index contributed by atoms with van der Waals surface area (Å²) in [4.78, 5) is 14.7. The van der Waals surface area contributed by atoms with Crippen LogP contribution in [-0.4, -0.2) is 53.1 Å². The molecule has 0 aromatic heterocycles. The Morgan fingerprint density at radius 3 is 2.00 bits per heavy atom. The monoisotopic (exact) mass is 851 g/mol. The maximum Gasteiger partial charge on any atom is 0.313 e. The Balaban J connectivity index is 1.33. The summed E-state index contributed by atoms with van der Waals surface area (Å²) in [6, 6.07) is 29.3. The third kappa shape index (κ3) is 8.66. The van der Waals surface area contributed by atoms with Gasteiger partial charge in [-0.05, 0) is 91.8 Å². The molecule has 306 valence electrons. The predicted octanol–water partition coefficient (Wildman–Crippen LogP) is 9.38. The van der Waals surface area contributed by atoms with E-state index in [1.165, 1.54) is 23.9 Å². The number of hydrogen-bond acceptors (Lipinski definition) is 7. The van der Waals surface area contributed by atoms with E-state index in [-0.39, 0.29) is 15.5 Å². The lowest BCUT2D eigenvalue weighted by molar-refractivity contribution is -0.455. The number of carboxylic acids is 1. The van der Waals surface area contributed by atoms with Crippen molar-refractivity contribution in [2.75, 3.05) is 10.7 Å². The van der Waals surface area contributed by atoms with Gasteiger partial charge in [0.1, 0.15) is 0 Å². The lowest BCUT2D eigenvalue weighted by Crippen LogP contribution is -2.27. The van der Waals surface area contributed by atoms with E-state index in [0.717, 1.165) is 67.5 Å². The van der Waals surface area contributed by atoms with Crippen LogP contribution in [0, 0.1) is 0 Å². The van der Waals surface area contributed by atoms with Crippen LogP contribution in [0.5, 0.6) is 0 Å². The molecule has 13 heteroatoms. The molecule has 0 amide bonds. The van der Waals surface area contributed by atoms with Crippen molar-refractivity contribution in [2.24, 2.45) is 0 Å². The highest BCUT2D eigenvalue weighted by molar-refractivity contribution is 8.04. The molecule has 3 aliphatic rings. The summed E-state index contributed by atoms with van der Waals surface area (Å²) in [5, 5.41) is 9.84. The third-order valence-electron chi connectivity index (χ3n) is 11.4. The van der Waals surface area contributed by atoms with Crippen LogP contribution in [0.3, 0.4) is 0 Å². The number of rotatable bonds is 12. The lowest BCUT2D eigenvalue weighted by Gasteiger charge is -2.27. The fraction of sp³-hybridized carbons (Fsp3) is 0.261. The number of nitrogens with zero attached hydrogens (tertiary/aromatic N) is 2. The number of carboxylic acid groups (broad SMARTS) is 1. The smallest absolute Gasteiger partial charge is 0.313 e. The minimum absolute atomic E-state index is 0.137. The van der Waals surface area contributed by atoms with Crippen LogP contribution in [-0.2, 0) is 49.0 Å². The molecule has 0 spiro atoms. The van der Waals surface area contributed by atoms with Crippen molar-refractivity contribution >= 4 is 55.1 Å². The molecule has 0 unspecified atom stereocenters. The van der Waals surface area contributed by atoms with Gasteiger partial charge in [0.25, 0.3) is 20.2 Å². The van der Waals surface area contributed by atoms with Gasteiger partial charge in [0, 0.05) is 51.5 Å². The third-order valence-corrected chi connectivity index (χ3v) is 14.3. The Hall–Kier alpha value is -5.05. The maximum absolute atomic E-state index is 12.2. The minimum atomic E-state index is -4.44. The minimum Gasteiger partial charge on any atom is -0.481 e. The topological polar surface area (TPSA) is 152 Å². The molecule has 0 fully saturated rings. The molecule has 4 aromatic carbocycles. The van der Waals surface area contributed by atoms with E-state index in [1.807, 2.05) is 88.4 Å². The molecular weight excluding hydrogens is 805 g/mol. The number of allylic oxidation sites excluding steroid dienone is 7. The number of aliphatic carboxylic acids is 1. The number of carbonyl (C=O) groups is 1. The number of anilines is 1. The predicted molar refractivity (Wildman–Crippen MR) is 233 cm³/mol. The van der Waals surface area contributed by atoms with Gasteiger partial charge in [-0.2, -0.15) is 21.4 Å². The molecule has 7 rings (SSSR count). The summed E-state index contributed by atoms with van der Waals surface area (Å²) in [5.74, 6) is -1.07. The van der Waals surface area contributed by atoms with E-state index < -0.39 is 37.0 Å². The standard InChI is InChI=1S/C46H46N2O8S3/c1-45(2)37-26-35(58(51,52)53)20-22-39(37)47(28-31-12-7-5-8-13-31)41(45)24-18-33-16-11-17-34(44(33)57-30-43(49)50)19-25-42-46(3,4)38-27-36(59(54,55)56)21-23-40(38)48(42)29-32-14-9-6-10-15-32/h5-10,12-15,18-27H,11,16-17,28-30H2,1-4H3,(H2-,49,50,51,52,53,54,55,56)/p+1. The zero-order valence-corrected chi connectivity index (χ0v) is 35.7. The molecule has 3 N–H and O–H groups in total. The Labute approximate surface area is 350 Å². The van der Waals surface area contributed by atoms with E-state index in [0.29, 0.717) is 25.9 Å². The number of benzene rings is 4. The maximum atomic E-state index is 12.2. The highest BCUT2D eigenvalue weighted by Gasteiger charge is 2.45. The van der Waals surface area contributed by atoms with E-state index in [2.05, 4.69) is 33.8 Å². The van der Waals surface area contributed by atoms with Gasteiger partial charge < -0.3 is 10.0 Å². The Morgan fingerprint density at radius 1 is 0.763 bits per heavy atom. The van der Waals surface area contributed by atoms with Crippen molar-refractivity contribution in [3.05, 3.63) is 165 Å². The van der Waals surface area contributed by atoms with Crippen LogP contribution in [0.1, 0.15) is 69.2 Å². The van der Waals surface area contributed by atoms with Crippen LogP contribution in [0.4, 0.5) is 11.4 Å². The van der Waals surface area contributed by atoms with Gasteiger partial charge in [-0.3, -0.25) is 13.9 Å². The van der Waals surface area contributed by atoms with Crippen molar-refractivity contribution < 1.29 is 40.4 Å². The molecule has 10 nitrogen and oxygen atoms in total. The molecule has 4 aromatic rings. The summed E-state index contributed by atoms with van der Waals surface area (Å²) in [5.41, 5.74) is 7.79. The molecule has 0 saturated heterocycles. The van der Waals surface area contributed by atoms with E-state index in [9.17, 15) is 35.8 Å². The first-order chi connectivity index (χ1) is 27.9. The van der Waals surface area contributed by atoms with Gasteiger partial charge in [0.15, 0.2) is 12.3 Å². The molecule has 2 heterocycles. The SMILES string of the molecule is CC1(C)C(/C=C/C2=C(SCC(=O)O)C(=C/C=C3/N(Cc4ccccc4)c4ccc(S(=O)(=O)O)cc4C3(C)C)/CCC2)=[N+](Cc2ccccc2)c2ccc(S(=O)(=O)O)cc21. The molecule has 0 atom stereocenters. The second kappa shape index (κ2) is 16.2. The summed E-state index contributed by atoms with van der Waals surface area (Å²) in [6.07, 6.45) is 10.5. The average molecular weight is 852 g/mol. The van der Waals surface area contributed by atoms with Crippen LogP contribution in [0.2, 0.25) is 0 Å². The van der Waals surface area contributed by atoms with Gasteiger partial charge in [-0.15, -0.1) is 11.8 Å². The molecule has 2 aliphatic heterocycles. The fourth-order valence-corrected chi connectivity index (χ4v) is 10.4. The van der Waals surface area contributed by atoms with Crippen molar-refractivity contribution in [3.8, 4) is 0 Å². The van der Waals surface area contributed by atoms with Gasteiger partial charge in [0.2, 0.25) is 5.69 Å². The first kappa shape index (κ1) is 42.1. The number of hydrogen-bond donors (Lipinski definition) is 3. The van der Waals surface area contributed by atoms with Crippen molar-refractivity contribution in [1.29, 1.82) is 0 Å². The second-order valence-corrected chi connectivity index (χ2v) is 19.9. The molecule has 0 bridgehead atoms. The van der Waals surface area contributed by atoms with E-state index >= 15 is 0 Å². The van der Waals surface area contributed by atoms with Crippen LogP contribution >= 0.6 is 11.8 Å². The average Bonchev–Trinajstić information content (AvgIpc) is 3.52. The summed E-state index contributed by atoms with van der Waals surface area (Å²) in [6.45, 7) is 9.14. The van der Waals surface area contributed by atoms with E-state index in [1.54, 1.807) is 24.3 Å². The van der Waals surface area contributed by atoms with Gasteiger partial charge in [0.05, 0.1) is 21.0 Å². The lowest BCUT2D eigenvalue weighted by atomic mass is 9.81. The Morgan fingerprint density at radius 2 is 1.37 bits per heavy atom. The molecule has 0 radical (unpaired) electrons. The van der Waals surface area contributed by atoms with Crippen molar-refractivity contribution in [3.63, 3.8) is 0 Å². The van der Waals surface area contributed by atoms with Crippen molar-refractivity contribution in [2.45, 2.75) is 80.7 Å². The first-order valence-corrected chi connectivity index (χ1v) is 23.1. The largest absolute Gasteiger partial charge is 0.481 e. The Bertz CT molecular complexity index is 2710. The summed E-state index contributed by atoms with van der Waals surface area (Å²) in [7, 11) is -8.88. The van der Waals surface area contributed by atoms with Crippen LogP contribution in [0.25, 0.3) is 0 Å². The highest BCUT2D eigenvalue weighted by Crippen LogP contribution is 2.50. The van der Waals surface area contributed by atoms with E-state index in [4.69, 9.17) is 0 Å². The van der Waals surface area contributed by atoms with Crippen LogP contribution in [0.15, 0.2) is 153 Å². The highest BCUT2D eigenvalue weighted by atomic mass is 32.2. The molecule has 1 aliphatic carbocycles. The normalized spacial score (nSPS) is 18.9. The van der Waals surface area contributed by atoms with Gasteiger partial charge in [-0.1, -0.05) is 86.7 Å². The second-order valence-electron chi connectivity index (χ2n) is 16.1. The van der Waals surface area contributed by atoms with Crippen LogP contribution < -0.4 is 4.90 Å². The van der Waals surface area contributed by atoms with Gasteiger partial charge in [-0.25, -0.2) is 0 Å². The first-order valence-electron chi connectivity index (χ1n) is 19.3. The molecular formula is C46H47N2O8S3+. The number of fused-ring (bicyclic) bond motifs is 2. The number of thioether (sulfide) groups is 1. The quantitative estimate of drug-likeness (QED) is 0.0929. The van der Waals surface area contributed by atoms with Gasteiger partial charge >= 0.3 is 5.97 Å². The fourth-order valence-electron chi connectivity index (χ4n) is 8.40. The molecule has 0 saturated carbocycles. The zero-order valence-electron chi connectivity index (χ0n) is 33.3. The molecule has 59 heavy (non-hydrogen) atoms. The zero-order chi connectivity index (χ0) is 42.3. The van der Waals surface area contributed by atoms with Crippen molar-refractivity contribution in [1.82, 2.24) is 0 Å². The Kier molecular flexibility index (Phi) is 11.5. The summed E-state index contributed by atoms with van der Waals surface area (Å²) >= 11 is 1.28. The summed E-state index contributed by atoms with van der Waals surface area (Å²) < 4.78 is 70.9.